The summed E-state index contributed by atoms with van der Waals surface area (Å²) in [7, 11) is 0. The van der Waals surface area contributed by atoms with Gasteiger partial charge in [0.2, 0.25) is 5.91 Å². The van der Waals surface area contributed by atoms with Gasteiger partial charge in [0.15, 0.2) is 0 Å². The molecule has 0 fully saturated rings. The van der Waals surface area contributed by atoms with Gasteiger partial charge in [0.25, 0.3) is 0 Å². The molecule has 21 heavy (non-hydrogen) atoms. The van der Waals surface area contributed by atoms with Crippen molar-refractivity contribution in [3.05, 3.63) is 64.7 Å². The van der Waals surface area contributed by atoms with Crippen LogP contribution in [-0.2, 0) is 11.2 Å². The van der Waals surface area contributed by atoms with Gasteiger partial charge >= 0.3 is 0 Å². The van der Waals surface area contributed by atoms with E-state index in [4.69, 9.17) is 11.6 Å². The minimum Gasteiger partial charge on any atom is -0.326 e. The van der Waals surface area contributed by atoms with Gasteiger partial charge in [-0.1, -0.05) is 55.8 Å². The van der Waals surface area contributed by atoms with Gasteiger partial charge in [-0.3, -0.25) is 4.79 Å². The van der Waals surface area contributed by atoms with Crippen LogP contribution in [0.15, 0.2) is 48.5 Å². The molecule has 0 aliphatic rings. The van der Waals surface area contributed by atoms with E-state index in [0.29, 0.717) is 17.4 Å². The number of para-hydroxylation sites is 1. The molecule has 1 atom stereocenters. The number of carbonyl (C=O) groups excluding carboxylic acids is 1. The number of nitrogens with one attached hydrogen (secondary N) is 1. The summed E-state index contributed by atoms with van der Waals surface area (Å²) >= 11 is 5.85. The van der Waals surface area contributed by atoms with Gasteiger partial charge in [-0.2, -0.15) is 0 Å². The van der Waals surface area contributed by atoms with Gasteiger partial charge in [-0.25, -0.2) is 0 Å². The van der Waals surface area contributed by atoms with Gasteiger partial charge < -0.3 is 5.32 Å². The fraction of sp³-hybridized carbons (Fsp3) is 0.278. The van der Waals surface area contributed by atoms with Crippen LogP contribution >= 0.6 is 11.6 Å². The Balaban J connectivity index is 2.07. The predicted molar refractivity (Wildman–Crippen MR) is 88.9 cm³/mol. The van der Waals surface area contributed by atoms with Crippen LogP contribution in [-0.4, -0.2) is 5.91 Å². The maximum atomic E-state index is 12.2. The lowest BCUT2D eigenvalue weighted by Gasteiger charge is -2.15. The Hall–Kier alpha value is -1.80. The van der Waals surface area contributed by atoms with Crippen LogP contribution < -0.4 is 5.32 Å². The summed E-state index contributed by atoms with van der Waals surface area (Å²) in [5.74, 6) is 0.421. The highest BCUT2D eigenvalue weighted by atomic mass is 35.5. The highest BCUT2D eigenvalue weighted by Gasteiger charge is 2.11. The van der Waals surface area contributed by atoms with Crippen molar-refractivity contribution in [2.24, 2.45) is 0 Å². The average Bonchev–Trinajstić information content (AvgIpc) is 2.49. The molecule has 3 heteroatoms. The molecule has 0 spiro atoms. The monoisotopic (exact) mass is 301 g/mol. The van der Waals surface area contributed by atoms with Crippen molar-refractivity contribution >= 4 is 23.2 Å². The van der Waals surface area contributed by atoms with E-state index in [0.717, 1.165) is 17.7 Å². The van der Waals surface area contributed by atoms with E-state index in [1.54, 1.807) is 12.1 Å². The van der Waals surface area contributed by atoms with Gasteiger partial charge in [0, 0.05) is 10.7 Å². The first-order chi connectivity index (χ1) is 10.1. The molecule has 0 radical (unpaired) electrons. The van der Waals surface area contributed by atoms with Crippen LogP contribution in [0.25, 0.3) is 0 Å². The first-order valence-corrected chi connectivity index (χ1v) is 7.61. The number of rotatable bonds is 5. The van der Waals surface area contributed by atoms with Crippen LogP contribution in [0.3, 0.4) is 0 Å². The highest BCUT2D eigenvalue weighted by Crippen LogP contribution is 2.26. The molecular formula is C18H20ClNO. The first-order valence-electron chi connectivity index (χ1n) is 7.23. The Kier molecular flexibility index (Phi) is 5.40. The maximum absolute atomic E-state index is 12.2. The van der Waals surface area contributed by atoms with Crippen molar-refractivity contribution in [1.82, 2.24) is 0 Å². The number of halogens is 1. The minimum atomic E-state index is -0.00641. The van der Waals surface area contributed by atoms with E-state index in [9.17, 15) is 4.79 Å². The Bertz CT molecular complexity index is 607. The number of amides is 1. The lowest BCUT2D eigenvalue weighted by Crippen LogP contribution is -2.16. The molecule has 0 heterocycles. The average molecular weight is 302 g/mol. The van der Waals surface area contributed by atoms with Crippen LogP contribution in [0.5, 0.6) is 0 Å². The third-order valence-corrected chi connectivity index (χ3v) is 3.91. The van der Waals surface area contributed by atoms with Crippen molar-refractivity contribution in [2.45, 2.75) is 32.6 Å². The lowest BCUT2D eigenvalue weighted by molar-refractivity contribution is -0.115. The standard InChI is InChI=1S/C18H20ClNO/c1-3-13(2)16-6-4-5-7-17(16)20-18(21)12-14-8-10-15(19)11-9-14/h4-11,13H,3,12H2,1-2H3,(H,20,21)/t13-/m1/s1. The summed E-state index contributed by atoms with van der Waals surface area (Å²) < 4.78 is 0. The van der Waals surface area contributed by atoms with E-state index in [2.05, 4.69) is 25.2 Å². The Morgan fingerprint density at radius 1 is 1.14 bits per heavy atom. The fourth-order valence-corrected chi connectivity index (χ4v) is 2.37. The SMILES string of the molecule is CC[C@@H](C)c1ccccc1NC(=O)Cc1ccc(Cl)cc1. The predicted octanol–water partition coefficient (Wildman–Crippen LogP) is 5.03. The van der Waals surface area contributed by atoms with Crippen LogP contribution in [0, 0.1) is 0 Å². The van der Waals surface area contributed by atoms with Gasteiger partial charge in [-0.15, -0.1) is 0 Å². The van der Waals surface area contributed by atoms with Crippen molar-refractivity contribution in [3.8, 4) is 0 Å². The van der Waals surface area contributed by atoms with Crippen molar-refractivity contribution in [3.63, 3.8) is 0 Å². The molecule has 0 bridgehead atoms. The van der Waals surface area contributed by atoms with Gasteiger partial charge in [0.1, 0.15) is 0 Å². The Labute approximate surface area is 131 Å². The van der Waals surface area contributed by atoms with Crippen LogP contribution in [0.4, 0.5) is 5.69 Å². The molecule has 0 aliphatic carbocycles. The molecule has 1 N–H and O–H groups in total. The third-order valence-electron chi connectivity index (χ3n) is 3.66. The van der Waals surface area contributed by atoms with Crippen molar-refractivity contribution in [2.75, 3.05) is 5.32 Å². The van der Waals surface area contributed by atoms with Crippen LogP contribution in [0.1, 0.15) is 37.3 Å². The molecule has 2 nitrogen and oxygen atoms in total. The Morgan fingerprint density at radius 3 is 2.48 bits per heavy atom. The summed E-state index contributed by atoms with van der Waals surface area (Å²) in [6.45, 7) is 4.32. The van der Waals surface area contributed by atoms with Gasteiger partial charge in [0.05, 0.1) is 6.42 Å². The third kappa shape index (κ3) is 4.33. The second-order valence-corrected chi connectivity index (χ2v) is 5.68. The van der Waals surface area contributed by atoms with Crippen molar-refractivity contribution < 1.29 is 4.79 Å². The zero-order valence-corrected chi connectivity index (χ0v) is 13.2. The number of benzene rings is 2. The molecular weight excluding hydrogens is 282 g/mol. The summed E-state index contributed by atoms with van der Waals surface area (Å²) in [6.07, 6.45) is 1.40. The number of anilines is 1. The first kappa shape index (κ1) is 15.6. The summed E-state index contributed by atoms with van der Waals surface area (Å²) in [6, 6.07) is 15.4. The van der Waals surface area contributed by atoms with E-state index in [-0.39, 0.29) is 5.91 Å². The van der Waals surface area contributed by atoms with Crippen molar-refractivity contribution in [1.29, 1.82) is 0 Å². The molecule has 1 amide bonds. The minimum absolute atomic E-state index is 0.00641. The largest absolute Gasteiger partial charge is 0.326 e. The zero-order chi connectivity index (χ0) is 15.2. The second-order valence-electron chi connectivity index (χ2n) is 5.25. The normalized spacial score (nSPS) is 12.0. The lowest BCUT2D eigenvalue weighted by atomic mass is 9.97. The molecule has 0 aliphatic heterocycles. The number of hydrogen-bond donors (Lipinski definition) is 1. The maximum Gasteiger partial charge on any atom is 0.228 e. The number of hydrogen-bond acceptors (Lipinski definition) is 1. The van der Waals surface area contributed by atoms with Crippen LogP contribution in [0.2, 0.25) is 5.02 Å². The molecule has 2 rings (SSSR count). The molecule has 0 aromatic heterocycles. The topological polar surface area (TPSA) is 29.1 Å². The van der Waals surface area contributed by atoms with E-state index < -0.39 is 0 Å². The molecule has 2 aromatic carbocycles. The molecule has 0 saturated heterocycles. The molecule has 0 unspecified atom stereocenters. The van der Waals surface area contributed by atoms with Gasteiger partial charge in [-0.05, 0) is 41.7 Å². The van der Waals surface area contributed by atoms with E-state index in [1.165, 1.54) is 5.56 Å². The van der Waals surface area contributed by atoms with E-state index in [1.807, 2.05) is 30.3 Å². The number of carbonyl (C=O) groups is 1. The smallest absolute Gasteiger partial charge is 0.228 e. The fourth-order valence-electron chi connectivity index (χ4n) is 2.24. The molecule has 0 saturated carbocycles. The molecule has 2 aromatic rings. The Morgan fingerprint density at radius 2 is 1.81 bits per heavy atom. The second kappa shape index (κ2) is 7.28. The molecule has 110 valence electrons. The summed E-state index contributed by atoms with van der Waals surface area (Å²) in [5.41, 5.74) is 3.05. The quantitative estimate of drug-likeness (QED) is 0.824. The van der Waals surface area contributed by atoms with E-state index >= 15 is 0 Å². The summed E-state index contributed by atoms with van der Waals surface area (Å²) in [5, 5.41) is 3.70. The zero-order valence-electron chi connectivity index (χ0n) is 12.4. The highest BCUT2D eigenvalue weighted by molar-refractivity contribution is 6.30. The summed E-state index contributed by atoms with van der Waals surface area (Å²) in [4.78, 5) is 12.2.